The van der Waals surface area contributed by atoms with E-state index in [0.29, 0.717) is 5.92 Å². The predicted octanol–water partition coefficient (Wildman–Crippen LogP) is 2.42. The first-order chi connectivity index (χ1) is 9.92. The van der Waals surface area contributed by atoms with Crippen molar-refractivity contribution in [3.8, 4) is 0 Å². The summed E-state index contributed by atoms with van der Waals surface area (Å²) < 4.78 is 25.8. The number of benzene rings is 1. The molecule has 118 valence electrons. The highest BCUT2D eigenvalue weighted by atomic mass is 32.2. The van der Waals surface area contributed by atoms with Gasteiger partial charge in [0.1, 0.15) is 4.90 Å². The molecule has 0 amide bonds. The maximum Gasteiger partial charge on any atom is 0.242 e. The maximum atomic E-state index is 11.8. The van der Waals surface area contributed by atoms with Gasteiger partial charge in [0.15, 0.2) is 0 Å². The van der Waals surface area contributed by atoms with E-state index in [2.05, 4.69) is 17.0 Å². The summed E-state index contributed by atoms with van der Waals surface area (Å²) in [5.74, 6) is 1.55. The first kappa shape index (κ1) is 16.1. The van der Waals surface area contributed by atoms with Crippen molar-refractivity contribution >= 4 is 21.4 Å². The zero-order chi connectivity index (χ0) is 15.5. The third-order valence-electron chi connectivity index (χ3n) is 4.30. The van der Waals surface area contributed by atoms with Crippen LogP contribution in [0.3, 0.4) is 0 Å². The number of anilines is 2. The standard InChI is InChI=1S/C15H25N3O2S/c1-11-3-5-12(6-4-11)10-18-13-7-8-15(14(16)9-13)21(19,20)17-2/h7-9,11-12,17-18H,3-6,10,16H2,1-2H3. The summed E-state index contributed by atoms with van der Waals surface area (Å²) in [4.78, 5) is 0.127. The predicted molar refractivity (Wildman–Crippen MR) is 86.7 cm³/mol. The summed E-state index contributed by atoms with van der Waals surface area (Å²) in [5.41, 5.74) is 7.00. The number of nitrogen functional groups attached to an aromatic ring is 1. The molecule has 5 nitrogen and oxygen atoms in total. The Balaban J connectivity index is 1.98. The van der Waals surface area contributed by atoms with E-state index in [4.69, 9.17) is 5.73 Å². The van der Waals surface area contributed by atoms with Crippen LogP contribution in [0.2, 0.25) is 0 Å². The molecule has 0 radical (unpaired) electrons. The molecule has 1 aliphatic rings. The first-order valence-corrected chi connectivity index (χ1v) is 8.97. The van der Waals surface area contributed by atoms with Crippen LogP contribution in [0.25, 0.3) is 0 Å². The van der Waals surface area contributed by atoms with Crippen LogP contribution in [-0.2, 0) is 10.0 Å². The van der Waals surface area contributed by atoms with E-state index in [1.54, 1.807) is 18.2 Å². The average molecular weight is 311 g/mol. The molecule has 0 saturated heterocycles. The van der Waals surface area contributed by atoms with Crippen molar-refractivity contribution in [3.63, 3.8) is 0 Å². The number of hydrogen-bond donors (Lipinski definition) is 3. The fourth-order valence-corrected chi connectivity index (χ4v) is 3.64. The number of nitrogens with two attached hydrogens (primary N) is 1. The topological polar surface area (TPSA) is 84.2 Å². The van der Waals surface area contributed by atoms with Crippen LogP contribution in [0.15, 0.2) is 23.1 Å². The van der Waals surface area contributed by atoms with Gasteiger partial charge in [-0.1, -0.05) is 19.8 Å². The van der Waals surface area contributed by atoms with Crippen LogP contribution in [0.5, 0.6) is 0 Å². The van der Waals surface area contributed by atoms with Gasteiger partial charge in [-0.25, -0.2) is 13.1 Å². The SMILES string of the molecule is CNS(=O)(=O)c1ccc(NCC2CCC(C)CC2)cc1N. The van der Waals surface area contributed by atoms with E-state index in [-0.39, 0.29) is 10.6 Å². The summed E-state index contributed by atoms with van der Waals surface area (Å²) in [6.45, 7) is 3.23. The number of sulfonamides is 1. The van der Waals surface area contributed by atoms with Crippen molar-refractivity contribution < 1.29 is 8.42 Å². The van der Waals surface area contributed by atoms with Crippen LogP contribution in [0.4, 0.5) is 11.4 Å². The summed E-state index contributed by atoms with van der Waals surface area (Å²) in [5, 5.41) is 3.37. The van der Waals surface area contributed by atoms with E-state index < -0.39 is 10.0 Å². The van der Waals surface area contributed by atoms with Crippen LogP contribution in [-0.4, -0.2) is 22.0 Å². The summed E-state index contributed by atoms with van der Waals surface area (Å²) >= 11 is 0. The molecular weight excluding hydrogens is 286 g/mol. The van der Waals surface area contributed by atoms with Gasteiger partial charge in [0.25, 0.3) is 0 Å². The van der Waals surface area contributed by atoms with Gasteiger partial charge in [-0.15, -0.1) is 0 Å². The first-order valence-electron chi connectivity index (χ1n) is 7.49. The number of nitrogens with one attached hydrogen (secondary N) is 2. The van der Waals surface area contributed by atoms with E-state index in [1.165, 1.54) is 32.7 Å². The minimum Gasteiger partial charge on any atom is -0.398 e. The van der Waals surface area contributed by atoms with Crippen LogP contribution >= 0.6 is 0 Å². The third-order valence-corrected chi connectivity index (χ3v) is 5.79. The second-order valence-electron chi connectivity index (χ2n) is 5.97. The molecule has 0 heterocycles. The summed E-state index contributed by atoms with van der Waals surface area (Å²) in [6.07, 6.45) is 5.12. The lowest BCUT2D eigenvalue weighted by Crippen LogP contribution is -2.21. The summed E-state index contributed by atoms with van der Waals surface area (Å²) in [7, 11) is -2.11. The zero-order valence-corrected chi connectivity index (χ0v) is 13.5. The van der Waals surface area contributed by atoms with Gasteiger partial charge in [-0.05, 0) is 49.9 Å². The van der Waals surface area contributed by atoms with Crippen LogP contribution < -0.4 is 15.8 Å². The Bertz CT molecular complexity index is 579. The molecule has 1 fully saturated rings. The molecule has 2 rings (SSSR count). The lowest BCUT2D eigenvalue weighted by atomic mass is 9.83. The molecule has 0 aliphatic heterocycles. The molecule has 1 aliphatic carbocycles. The number of rotatable bonds is 5. The molecule has 4 N–H and O–H groups in total. The monoisotopic (exact) mass is 311 g/mol. The fourth-order valence-electron chi connectivity index (χ4n) is 2.81. The molecule has 0 atom stereocenters. The molecular formula is C15H25N3O2S. The quantitative estimate of drug-likeness (QED) is 0.729. The lowest BCUT2D eigenvalue weighted by Gasteiger charge is -2.26. The van der Waals surface area contributed by atoms with Crippen LogP contribution in [0.1, 0.15) is 32.6 Å². The molecule has 21 heavy (non-hydrogen) atoms. The normalized spacial score (nSPS) is 23.0. The van der Waals surface area contributed by atoms with Crippen molar-refractivity contribution in [2.24, 2.45) is 11.8 Å². The highest BCUT2D eigenvalue weighted by Crippen LogP contribution is 2.29. The zero-order valence-electron chi connectivity index (χ0n) is 12.7. The summed E-state index contributed by atoms with van der Waals surface area (Å²) in [6, 6.07) is 5.01. The molecule has 6 heteroatoms. The van der Waals surface area contributed by atoms with E-state index >= 15 is 0 Å². The van der Waals surface area contributed by atoms with E-state index in [1.807, 2.05) is 0 Å². The van der Waals surface area contributed by atoms with Gasteiger partial charge >= 0.3 is 0 Å². The number of hydrogen-bond acceptors (Lipinski definition) is 4. The van der Waals surface area contributed by atoms with Gasteiger partial charge in [0.2, 0.25) is 10.0 Å². The Labute approximate surface area is 127 Å². The molecule has 0 spiro atoms. The van der Waals surface area contributed by atoms with Crippen molar-refractivity contribution in [2.75, 3.05) is 24.6 Å². The molecule has 1 aromatic carbocycles. The minimum absolute atomic E-state index is 0.127. The van der Waals surface area contributed by atoms with Gasteiger partial charge in [0, 0.05) is 12.2 Å². The smallest absolute Gasteiger partial charge is 0.242 e. The van der Waals surface area contributed by atoms with Crippen LogP contribution in [0, 0.1) is 11.8 Å². The van der Waals surface area contributed by atoms with Gasteiger partial charge in [0.05, 0.1) is 5.69 Å². The van der Waals surface area contributed by atoms with Gasteiger partial charge in [-0.2, -0.15) is 0 Å². The van der Waals surface area contributed by atoms with Crippen molar-refractivity contribution in [1.82, 2.24) is 4.72 Å². The Kier molecular flexibility index (Phi) is 5.11. The highest BCUT2D eigenvalue weighted by Gasteiger charge is 2.18. The minimum atomic E-state index is -3.49. The lowest BCUT2D eigenvalue weighted by molar-refractivity contribution is 0.300. The van der Waals surface area contributed by atoms with Gasteiger partial charge in [-0.3, -0.25) is 0 Å². The van der Waals surface area contributed by atoms with E-state index in [9.17, 15) is 8.42 Å². The second kappa shape index (κ2) is 6.66. The molecule has 1 saturated carbocycles. The largest absolute Gasteiger partial charge is 0.398 e. The fraction of sp³-hybridized carbons (Fsp3) is 0.600. The van der Waals surface area contributed by atoms with Crippen molar-refractivity contribution in [1.29, 1.82) is 0 Å². The molecule has 1 aromatic rings. The molecule has 0 unspecified atom stereocenters. The third kappa shape index (κ3) is 4.11. The molecule has 0 aromatic heterocycles. The molecule has 0 bridgehead atoms. The highest BCUT2D eigenvalue weighted by molar-refractivity contribution is 7.89. The second-order valence-corrected chi connectivity index (χ2v) is 7.82. The van der Waals surface area contributed by atoms with Gasteiger partial charge < -0.3 is 11.1 Å². The van der Waals surface area contributed by atoms with Crippen molar-refractivity contribution in [2.45, 2.75) is 37.5 Å². The Hall–Kier alpha value is -1.27. The average Bonchev–Trinajstić information content (AvgIpc) is 2.46. The van der Waals surface area contributed by atoms with Crippen molar-refractivity contribution in [3.05, 3.63) is 18.2 Å². The van der Waals surface area contributed by atoms with E-state index in [0.717, 1.165) is 18.2 Å². The maximum absolute atomic E-state index is 11.8. The Morgan fingerprint density at radius 1 is 1.24 bits per heavy atom. The Morgan fingerprint density at radius 2 is 1.90 bits per heavy atom. The Morgan fingerprint density at radius 3 is 2.48 bits per heavy atom.